The van der Waals surface area contributed by atoms with E-state index in [-0.39, 0.29) is 19.6 Å². The highest BCUT2D eigenvalue weighted by Gasteiger charge is 2.44. The molecule has 2 rings (SSSR count). The van der Waals surface area contributed by atoms with E-state index < -0.39 is 17.5 Å². The van der Waals surface area contributed by atoms with Crippen molar-refractivity contribution < 1.29 is 19.1 Å². The highest BCUT2D eigenvalue weighted by molar-refractivity contribution is 6.04. The Morgan fingerprint density at radius 1 is 0.778 bits per heavy atom. The van der Waals surface area contributed by atoms with E-state index >= 15 is 0 Å². The van der Waals surface area contributed by atoms with E-state index in [1.807, 2.05) is 60.7 Å². The predicted molar refractivity (Wildman–Crippen MR) is 102 cm³/mol. The Hall–Kier alpha value is -2.70. The maximum Gasteiger partial charge on any atom is 0.338 e. The first-order valence-corrected chi connectivity index (χ1v) is 8.97. The van der Waals surface area contributed by atoms with E-state index in [9.17, 15) is 9.59 Å². The van der Waals surface area contributed by atoms with Crippen LogP contribution in [0.5, 0.6) is 0 Å². The third-order valence-corrected chi connectivity index (χ3v) is 4.18. The third-order valence-electron chi connectivity index (χ3n) is 4.18. The molecule has 27 heavy (non-hydrogen) atoms. The zero-order valence-electron chi connectivity index (χ0n) is 15.3. The van der Waals surface area contributed by atoms with E-state index in [1.54, 1.807) is 0 Å². The number of hydrogen-bond acceptors (Lipinski definition) is 6. The van der Waals surface area contributed by atoms with Crippen LogP contribution in [-0.2, 0) is 32.3 Å². The van der Waals surface area contributed by atoms with E-state index in [0.29, 0.717) is 19.4 Å². The average Bonchev–Trinajstić information content (AvgIpc) is 2.71. The minimum Gasteiger partial charge on any atom is -0.459 e. The van der Waals surface area contributed by atoms with E-state index in [1.165, 1.54) is 0 Å². The molecule has 2 aromatic carbocycles. The summed E-state index contributed by atoms with van der Waals surface area (Å²) in [6.45, 7) is 0.539. The summed E-state index contributed by atoms with van der Waals surface area (Å²) in [6.07, 6.45) is 1.29. The SMILES string of the molecule is NCCCCC(N)(C(=O)OCc1ccccc1)C(=O)OCc1ccccc1. The summed E-state index contributed by atoms with van der Waals surface area (Å²) in [7, 11) is 0. The summed E-state index contributed by atoms with van der Waals surface area (Å²) in [5.41, 5.74) is 11.4. The first-order valence-electron chi connectivity index (χ1n) is 8.97. The van der Waals surface area contributed by atoms with Crippen molar-refractivity contribution in [2.75, 3.05) is 6.54 Å². The molecule has 0 aliphatic carbocycles. The fourth-order valence-electron chi connectivity index (χ4n) is 2.54. The van der Waals surface area contributed by atoms with Gasteiger partial charge in [-0.05, 0) is 36.9 Å². The van der Waals surface area contributed by atoms with Crippen LogP contribution in [0.3, 0.4) is 0 Å². The van der Waals surface area contributed by atoms with Gasteiger partial charge >= 0.3 is 11.9 Å². The monoisotopic (exact) mass is 370 g/mol. The van der Waals surface area contributed by atoms with Crippen molar-refractivity contribution in [3.63, 3.8) is 0 Å². The predicted octanol–water partition coefficient (Wildman–Crippen LogP) is 2.30. The number of hydrogen-bond donors (Lipinski definition) is 2. The van der Waals surface area contributed by atoms with Crippen LogP contribution < -0.4 is 11.5 Å². The summed E-state index contributed by atoms with van der Waals surface area (Å²) in [4.78, 5) is 25.2. The standard InChI is InChI=1S/C21H26N2O4/c22-14-8-7-13-21(23,19(24)26-15-17-9-3-1-4-10-17)20(25)27-16-18-11-5-2-6-12-18/h1-6,9-12H,7-8,13-16,22-23H2. The zero-order chi connectivity index (χ0) is 19.5. The fraction of sp³-hybridized carbons (Fsp3) is 0.333. The maximum absolute atomic E-state index is 12.6. The fourth-order valence-corrected chi connectivity index (χ4v) is 2.54. The van der Waals surface area contributed by atoms with Crippen molar-refractivity contribution in [2.24, 2.45) is 11.5 Å². The Kier molecular flexibility index (Phi) is 7.98. The zero-order valence-corrected chi connectivity index (χ0v) is 15.3. The topological polar surface area (TPSA) is 105 Å². The van der Waals surface area contributed by atoms with E-state index in [4.69, 9.17) is 20.9 Å². The lowest BCUT2D eigenvalue weighted by molar-refractivity contribution is -0.166. The highest BCUT2D eigenvalue weighted by Crippen LogP contribution is 2.18. The summed E-state index contributed by atoms with van der Waals surface area (Å²) in [5.74, 6) is -1.58. The van der Waals surface area contributed by atoms with Crippen molar-refractivity contribution in [3.05, 3.63) is 71.8 Å². The van der Waals surface area contributed by atoms with Crippen molar-refractivity contribution in [3.8, 4) is 0 Å². The van der Waals surface area contributed by atoms with E-state index in [2.05, 4.69) is 0 Å². The van der Waals surface area contributed by atoms with Gasteiger partial charge in [-0.25, -0.2) is 9.59 Å². The lowest BCUT2D eigenvalue weighted by atomic mass is 9.93. The summed E-state index contributed by atoms with van der Waals surface area (Å²) in [5, 5.41) is 0. The van der Waals surface area contributed by atoms with Gasteiger partial charge in [-0.1, -0.05) is 60.7 Å². The van der Waals surface area contributed by atoms with Gasteiger partial charge in [0.2, 0.25) is 5.54 Å². The molecule has 0 unspecified atom stereocenters. The Morgan fingerprint density at radius 3 is 1.63 bits per heavy atom. The van der Waals surface area contributed by atoms with E-state index in [0.717, 1.165) is 11.1 Å². The molecule has 0 aromatic heterocycles. The number of benzene rings is 2. The van der Waals surface area contributed by atoms with Crippen LogP contribution in [0.2, 0.25) is 0 Å². The van der Waals surface area contributed by atoms with Gasteiger partial charge in [-0.15, -0.1) is 0 Å². The first kappa shape index (κ1) is 20.6. The number of ether oxygens (including phenoxy) is 2. The smallest absolute Gasteiger partial charge is 0.338 e. The van der Waals surface area contributed by atoms with Crippen LogP contribution in [0, 0.1) is 0 Å². The molecule has 2 aromatic rings. The van der Waals surface area contributed by atoms with Crippen molar-refractivity contribution in [2.45, 2.75) is 38.0 Å². The molecule has 0 saturated heterocycles. The molecule has 0 spiro atoms. The molecular formula is C21H26N2O4. The molecule has 0 aliphatic heterocycles. The van der Waals surface area contributed by atoms with Gasteiger partial charge in [0, 0.05) is 0 Å². The lowest BCUT2D eigenvalue weighted by Crippen LogP contribution is -2.56. The molecule has 0 bridgehead atoms. The number of nitrogens with two attached hydrogens (primary N) is 2. The number of rotatable bonds is 10. The van der Waals surface area contributed by atoms with Crippen LogP contribution in [0.25, 0.3) is 0 Å². The lowest BCUT2D eigenvalue weighted by Gasteiger charge is -2.25. The number of esters is 2. The van der Waals surface area contributed by atoms with Gasteiger partial charge in [-0.3, -0.25) is 0 Å². The number of carbonyl (C=O) groups is 2. The number of carbonyl (C=O) groups excluding carboxylic acids is 2. The summed E-state index contributed by atoms with van der Waals surface area (Å²) in [6, 6.07) is 18.4. The maximum atomic E-state index is 12.6. The molecule has 0 aliphatic rings. The average molecular weight is 370 g/mol. The van der Waals surface area contributed by atoms with Crippen molar-refractivity contribution >= 4 is 11.9 Å². The minimum absolute atomic E-state index is 0.0431. The second-order valence-corrected chi connectivity index (χ2v) is 6.34. The van der Waals surface area contributed by atoms with Crippen LogP contribution >= 0.6 is 0 Å². The van der Waals surface area contributed by atoms with Gasteiger partial charge in [0.15, 0.2) is 0 Å². The van der Waals surface area contributed by atoms with Crippen LogP contribution in [-0.4, -0.2) is 24.0 Å². The summed E-state index contributed by atoms with van der Waals surface area (Å²) >= 11 is 0. The minimum atomic E-state index is -1.85. The Balaban J connectivity index is 2.02. The molecule has 0 fully saturated rings. The molecule has 0 amide bonds. The van der Waals surface area contributed by atoms with Crippen LogP contribution in [0.1, 0.15) is 30.4 Å². The van der Waals surface area contributed by atoms with Gasteiger partial charge in [-0.2, -0.15) is 0 Å². The molecule has 4 N–H and O–H groups in total. The molecule has 6 heteroatoms. The van der Waals surface area contributed by atoms with Crippen molar-refractivity contribution in [1.82, 2.24) is 0 Å². The molecule has 144 valence electrons. The van der Waals surface area contributed by atoms with Gasteiger partial charge in [0.1, 0.15) is 13.2 Å². The van der Waals surface area contributed by atoms with Gasteiger partial charge < -0.3 is 20.9 Å². The van der Waals surface area contributed by atoms with Gasteiger partial charge in [0.25, 0.3) is 0 Å². The van der Waals surface area contributed by atoms with Crippen LogP contribution in [0.15, 0.2) is 60.7 Å². The van der Waals surface area contributed by atoms with Crippen LogP contribution in [0.4, 0.5) is 0 Å². The Bertz CT molecular complexity index is 664. The molecule has 0 atom stereocenters. The molecule has 0 saturated carbocycles. The van der Waals surface area contributed by atoms with Gasteiger partial charge in [0.05, 0.1) is 0 Å². The molecule has 0 radical (unpaired) electrons. The second kappa shape index (κ2) is 10.4. The second-order valence-electron chi connectivity index (χ2n) is 6.34. The molecule has 0 heterocycles. The molecular weight excluding hydrogens is 344 g/mol. The Labute approximate surface area is 159 Å². The third kappa shape index (κ3) is 6.20. The quantitative estimate of drug-likeness (QED) is 0.378. The Morgan fingerprint density at radius 2 is 1.22 bits per heavy atom. The normalized spacial score (nSPS) is 11.0. The summed E-state index contributed by atoms with van der Waals surface area (Å²) < 4.78 is 10.6. The molecule has 6 nitrogen and oxygen atoms in total. The highest BCUT2D eigenvalue weighted by atomic mass is 16.6. The van der Waals surface area contributed by atoms with Crippen molar-refractivity contribution in [1.29, 1.82) is 0 Å². The number of unbranched alkanes of at least 4 members (excludes halogenated alkanes) is 1. The first-order chi connectivity index (χ1) is 13.1. The largest absolute Gasteiger partial charge is 0.459 e.